The summed E-state index contributed by atoms with van der Waals surface area (Å²) in [5.41, 5.74) is 9.16. The fraction of sp³-hybridized carbons (Fsp3) is 0.0833. The lowest BCUT2D eigenvalue weighted by atomic mass is 9.94. The van der Waals surface area contributed by atoms with Crippen LogP contribution >= 0.6 is 11.6 Å². The molecule has 1 atom stereocenters. The highest BCUT2D eigenvalue weighted by atomic mass is 35.5. The Kier molecular flexibility index (Phi) is 5.86. The largest absolute Gasteiger partial charge is 0.369 e. The highest BCUT2D eigenvalue weighted by Gasteiger charge is 2.25. The van der Waals surface area contributed by atoms with Crippen molar-refractivity contribution < 1.29 is 13.2 Å². The van der Waals surface area contributed by atoms with Crippen LogP contribution in [0.2, 0.25) is 5.02 Å². The molecule has 0 aliphatic carbocycles. The van der Waals surface area contributed by atoms with Crippen LogP contribution in [0.3, 0.4) is 0 Å². The molecule has 1 unspecified atom stereocenters. The highest BCUT2D eigenvalue weighted by molar-refractivity contribution is 7.90. The van der Waals surface area contributed by atoms with E-state index in [2.05, 4.69) is 0 Å². The first-order valence-corrected chi connectivity index (χ1v) is 12.0. The fourth-order valence-corrected chi connectivity index (χ4v) is 4.28. The third-order valence-corrected chi connectivity index (χ3v) is 6.47. The molecule has 4 rings (SSSR count). The minimum Gasteiger partial charge on any atom is -0.369 e. The quantitative estimate of drug-likeness (QED) is 0.461. The van der Waals surface area contributed by atoms with Gasteiger partial charge in [0.2, 0.25) is 5.91 Å². The Labute approximate surface area is 191 Å². The smallest absolute Gasteiger partial charge is 0.231 e. The number of halogens is 1. The lowest BCUT2D eigenvalue weighted by molar-refractivity contribution is -0.118. The van der Waals surface area contributed by atoms with E-state index < -0.39 is 21.7 Å². The van der Waals surface area contributed by atoms with Gasteiger partial charge in [0.05, 0.1) is 22.0 Å². The van der Waals surface area contributed by atoms with Crippen molar-refractivity contribution in [3.8, 4) is 16.9 Å². The average molecular weight is 466 g/mol. The monoisotopic (exact) mass is 465 g/mol. The van der Waals surface area contributed by atoms with E-state index in [9.17, 15) is 13.2 Å². The van der Waals surface area contributed by atoms with Gasteiger partial charge in [-0.1, -0.05) is 54.1 Å². The molecular weight excluding hydrogens is 446 g/mol. The van der Waals surface area contributed by atoms with Gasteiger partial charge in [0.1, 0.15) is 5.92 Å². The number of rotatable bonds is 6. The number of nitrogens with two attached hydrogens (primary N) is 1. The van der Waals surface area contributed by atoms with Gasteiger partial charge in [-0.2, -0.15) is 5.10 Å². The van der Waals surface area contributed by atoms with Gasteiger partial charge >= 0.3 is 0 Å². The number of hydrogen-bond donors (Lipinski definition) is 1. The summed E-state index contributed by atoms with van der Waals surface area (Å²) in [6.45, 7) is 0. The number of aromatic nitrogens is 2. The van der Waals surface area contributed by atoms with E-state index in [4.69, 9.17) is 22.4 Å². The average Bonchev–Trinajstić information content (AvgIpc) is 3.19. The number of nitrogens with zero attached hydrogens (tertiary/aromatic N) is 2. The molecule has 6 nitrogen and oxygen atoms in total. The molecule has 0 saturated carbocycles. The molecule has 2 N–H and O–H groups in total. The number of carbonyl (C=O) groups is 1. The van der Waals surface area contributed by atoms with Crippen molar-refractivity contribution in [2.75, 3.05) is 6.26 Å². The maximum absolute atomic E-state index is 12.4. The van der Waals surface area contributed by atoms with Crippen molar-refractivity contribution >= 4 is 27.3 Å². The molecule has 1 aromatic heterocycles. The molecule has 0 spiro atoms. The molecule has 162 valence electrons. The second-order valence-corrected chi connectivity index (χ2v) is 9.84. The van der Waals surface area contributed by atoms with Crippen molar-refractivity contribution in [1.29, 1.82) is 0 Å². The zero-order valence-corrected chi connectivity index (χ0v) is 18.7. The summed E-state index contributed by atoms with van der Waals surface area (Å²) < 4.78 is 25.4. The minimum absolute atomic E-state index is 0.209. The van der Waals surface area contributed by atoms with Gasteiger partial charge in [0, 0.05) is 16.8 Å². The predicted molar refractivity (Wildman–Crippen MR) is 125 cm³/mol. The Morgan fingerprint density at radius 1 is 0.969 bits per heavy atom. The summed E-state index contributed by atoms with van der Waals surface area (Å²) in [5.74, 6) is -1.25. The van der Waals surface area contributed by atoms with Gasteiger partial charge in [-0.3, -0.25) is 4.79 Å². The van der Waals surface area contributed by atoms with E-state index >= 15 is 0 Å². The number of sulfone groups is 1. The number of primary amides is 1. The Hall–Kier alpha value is -3.42. The molecular formula is C24H20ClN3O3S. The van der Waals surface area contributed by atoms with Crippen LogP contribution < -0.4 is 5.73 Å². The van der Waals surface area contributed by atoms with E-state index in [-0.39, 0.29) is 4.90 Å². The van der Waals surface area contributed by atoms with Gasteiger partial charge in [0.25, 0.3) is 0 Å². The third kappa shape index (κ3) is 4.44. The van der Waals surface area contributed by atoms with Crippen LogP contribution in [0.1, 0.15) is 17.2 Å². The molecule has 1 heterocycles. The number of benzene rings is 3. The van der Waals surface area contributed by atoms with Crippen LogP contribution in [0.5, 0.6) is 0 Å². The summed E-state index contributed by atoms with van der Waals surface area (Å²) in [4.78, 5) is 12.6. The van der Waals surface area contributed by atoms with E-state index in [0.717, 1.165) is 17.4 Å². The van der Waals surface area contributed by atoms with Crippen molar-refractivity contribution in [2.45, 2.75) is 10.8 Å². The Morgan fingerprint density at radius 2 is 1.59 bits per heavy atom. The van der Waals surface area contributed by atoms with Gasteiger partial charge in [-0.05, 0) is 48.0 Å². The molecule has 0 aliphatic rings. The molecule has 32 heavy (non-hydrogen) atoms. The second-order valence-electron chi connectivity index (χ2n) is 7.39. The Morgan fingerprint density at radius 3 is 2.16 bits per heavy atom. The van der Waals surface area contributed by atoms with E-state index in [1.165, 1.54) is 12.1 Å². The van der Waals surface area contributed by atoms with Gasteiger partial charge < -0.3 is 5.73 Å². The van der Waals surface area contributed by atoms with Crippen molar-refractivity contribution in [1.82, 2.24) is 9.78 Å². The first-order valence-electron chi connectivity index (χ1n) is 9.75. The molecule has 0 saturated heterocycles. The molecule has 4 aromatic rings. The minimum atomic E-state index is -3.33. The zero-order chi connectivity index (χ0) is 22.9. The molecule has 1 amide bonds. The van der Waals surface area contributed by atoms with E-state index in [0.29, 0.717) is 22.1 Å². The standard InChI is InChI=1S/C24H20ClN3O3S/c1-32(30,31)20-13-11-19(12-14-20)28-22(16-7-9-18(25)10-8-16)15-21(27-28)23(24(26)29)17-5-3-2-4-6-17/h2-15,23H,1H3,(H2,26,29). The van der Waals surface area contributed by atoms with Crippen molar-refractivity contribution in [2.24, 2.45) is 5.73 Å². The van der Waals surface area contributed by atoms with E-state index in [1.54, 1.807) is 28.9 Å². The molecule has 0 radical (unpaired) electrons. The van der Waals surface area contributed by atoms with Gasteiger partial charge in [-0.15, -0.1) is 0 Å². The van der Waals surface area contributed by atoms with Crippen LogP contribution in [0.25, 0.3) is 16.9 Å². The molecule has 3 aromatic carbocycles. The number of hydrogen-bond acceptors (Lipinski definition) is 4. The zero-order valence-electron chi connectivity index (χ0n) is 17.1. The van der Waals surface area contributed by atoms with Crippen LogP contribution in [0, 0.1) is 0 Å². The van der Waals surface area contributed by atoms with Crippen LogP contribution in [-0.2, 0) is 14.6 Å². The summed E-state index contributed by atoms with van der Waals surface area (Å²) in [5, 5.41) is 5.30. The van der Waals surface area contributed by atoms with E-state index in [1.807, 2.05) is 48.5 Å². The van der Waals surface area contributed by atoms with Crippen LogP contribution in [0.15, 0.2) is 89.8 Å². The van der Waals surface area contributed by atoms with Crippen LogP contribution in [-0.4, -0.2) is 30.4 Å². The Bertz CT molecular complexity index is 1360. The number of amides is 1. The normalized spacial score (nSPS) is 12.4. The first kappa shape index (κ1) is 21.8. The predicted octanol–water partition coefficient (Wildman–Crippen LogP) is 4.21. The van der Waals surface area contributed by atoms with Gasteiger partial charge in [-0.25, -0.2) is 13.1 Å². The summed E-state index contributed by atoms with van der Waals surface area (Å²) in [7, 11) is -3.33. The van der Waals surface area contributed by atoms with Gasteiger partial charge in [0.15, 0.2) is 9.84 Å². The second kappa shape index (κ2) is 8.61. The topological polar surface area (TPSA) is 95.1 Å². The lowest BCUT2D eigenvalue weighted by Gasteiger charge is -2.11. The molecule has 0 fully saturated rings. The van der Waals surface area contributed by atoms with Crippen LogP contribution in [0.4, 0.5) is 0 Å². The third-order valence-electron chi connectivity index (χ3n) is 5.09. The maximum atomic E-state index is 12.4. The lowest BCUT2D eigenvalue weighted by Crippen LogP contribution is -2.23. The van der Waals surface area contributed by atoms with Crippen molar-refractivity contribution in [3.05, 3.63) is 101 Å². The maximum Gasteiger partial charge on any atom is 0.231 e. The molecule has 8 heteroatoms. The fourth-order valence-electron chi connectivity index (χ4n) is 3.52. The molecule has 0 bridgehead atoms. The SMILES string of the molecule is CS(=O)(=O)c1ccc(-n2nc(C(C(N)=O)c3ccccc3)cc2-c2ccc(Cl)cc2)cc1. The Balaban J connectivity index is 1.89. The number of carbonyl (C=O) groups excluding carboxylic acids is 1. The van der Waals surface area contributed by atoms with Crippen molar-refractivity contribution in [3.63, 3.8) is 0 Å². The summed E-state index contributed by atoms with van der Waals surface area (Å²) >= 11 is 6.05. The highest BCUT2D eigenvalue weighted by Crippen LogP contribution is 2.31. The molecule has 0 aliphatic heterocycles. The first-order chi connectivity index (χ1) is 15.2. The summed E-state index contributed by atoms with van der Waals surface area (Å²) in [6, 6.07) is 24.7. The summed E-state index contributed by atoms with van der Waals surface area (Å²) in [6.07, 6.45) is 1.16.